The molecular formula is C17H17ClN2O2S. The largest absolute Gasteiger partial charge is 0.345 e. The lowest BCUT2D eigenvalue weighted by atomic mass is 10.2. The SMILES string of the molecule is CN(C)C(=O)c1cccc(NC(=O)CSc2ccccc2Cl)c1. The highest BCUT2D eigenvalue weighted by atomic mass is 35.5. The summed E-state index contributed by atoms with van der Waals surface area (Å²) in [6.45, 7) is 0. The van der Waals surface area contributed by atoms with Crippen molar-refractivity contribution in [3.8, 4) is 0 Å². The van der Waals surface area contributed by atoms with Crippen molar-refractivity contribution >= 4 is 40.9 Å². The van der Waals surface area contributed by atoms with Crippen LogP contribution in [0.15, 0.2) is 53.4 Å². The van der Waals surface area contributed by atoms with E-state index in [0.29, 0.717) is 16.3 Å². The van der Waals surface area contributed by atoms with Gasteiger partial charge in [0.15, 0.2) is 0 Å². The highest BCUT2D eigenvalue weighted by Crippen LogP contribution is 2.26. The molecule has 2 amide bonds. The molecule has 23 heavy (non-hydrogen) atoms. The maximum absolute atomic E-state index is 12.0. The second-order valence-electron chi connectivity index (χ2n) is 5.05. The molecule has 0 aliphatic carbocycles. The highest BCUT2D eigenvalue weighted by Gasteiger charge is 2.10. The Bertz CT molecular complexity index is 719. The van der Waals surface area contributed by atoms with E-state index in [9.17, 15) is 9.59 Å². The van der Waals surface area contributed by atoms with Crippen molar-refractivity contribution in [3.63, 3.8) is 0 Å². The number of nitrogens with zero attached hydrogens (tertiary/aromatic N) is 1. The number of benzene rings is 2. The van der Waals surface area contributed by atoms with E-state index in [1.165, 1.54) is 16.7 Å². The molecule has 0 aromatic heterocycles. The van der Waals surface area contributed by atoms with Gasteiger partial charge in [-0.15, -0.1) is 11.8 Å². The van der Waals surface area contributed by atoms with Crippen molar-refractivity contribution in [2.45, 2.75) is 4.90 Å². The molecule has 0 atom stereocenters. The average Bonchev–Trinajstić information content (AvgIpc) is 2.53. The van der Waals surface area contributed by atoms with Crippen molar-refractivity contribution in [3.05, 3.63) is 59.1 Å². The molecule has 0 saturated heterocycles. The van der Waals surface area contributed by atoms with Crippen LogP contribution in [0.1, 0.15) is 10.4 Å². The summed E-state index contributed by atoms with van der Waals surface area (Å²) in [5.41, 5.74) is 1.13. The molecule has 2 rings (SSSR count). The minimum atomic E-state index is -0.149. The molecular weight excluding hydrogens is 332 g/mol. The first kappa shape index (κ1) is 17.4. The van der Waals surface area contributed by atoms with E-state index in [4.69, 9.17) is 11.6 Å². The van der Waals surface area contributed by atoms with Gasteiger partial charge in [-0.1, -0.05) is 29.8 Å². The number of halogens is 1. The minimum Gasteiger partial charge on any atom is -0.345 e. The second kappa shape index (κ2) is 8.04. The number of thioether (sulfide) groups is 1. The molecule has 0 bridgehead atoms. The Balaban J connectivity index is 1.97. The number of nitrogens with one attached hydrogen (secondary N) is 1. The topological polar surface area (TPSA) is 49.4 Å². The first-order valence-corrected chi connectivity index (χ1v) is 8.32. The van der Waals surface area contributed by atoms with Crippen LogP contribution < -0.4 is 5.32 Å². The van der Waals surface area contributed by atoms with Crippen LogP contribution in [0.2, 0.25) is 5.02 Å². The predicted molar refractivity (Wildman–Crippen MR) is 95.3 cm³/mol. The zero-order chi connectivity index (χ0) is 16.8. The van der Waals surface area contributed by atoms with E-state index in [0.717, 1.165) is 4.90 Å². The van der Waals surface area contributed by atoms with Crippen LogP contribution >= 0.6 is 23.4 Å². The molecule has 0 unspecified atom stereocenters. The zero-order valence-electron chi connectivity index (χ0n) is 12.9. The van der Waals surface area contributed by atoms with Gasteiger partial charge in [0.05, 0.1) is 10.8 Å². The van der Waals surface area contributed by atoms with Gasteiger partial charge in [-0.25, -0.2) is 0 Å². The third-order valence-electron chi connectivity index (χ3n) is 2.99. The number of rotatable bonds is 5. The molecule has 2 aromatic rings. The number of carbonyl (C=O) groups is 2. The van der Waals surface area contributed by atoms with Crippen LogP contribution in [0.4, 0.5) is 5.69 Å². The van der Waals surface area contributed by atoms with Gasteiger partial charge in [-0.05, 0) is 30.3 Å². The normalized spacial score (nSPS) is 10.2. The fourth-order valence-corrected chi connectivity index (χ4v) is 2.93. The summed E-state index contributed by atoms with van der Waals surface area (Å²) in [5, 5.41) is 3.42. The highest BCUT2D eigenvalue weighted by molar-refractivity contribution is 8.00. The molecule has 1 N–H and O–H groups in total. The van der Waals surface area contributed by atoms with Crippen LogP contribution in [-0.4, -0.2) is 36.6 Å². The predicted octanol–water partition coefficient (Wildman–Crippen LogP) is 3.77. The first-order chi connectivity index (χ1) is 11.0. The fraction of sp³-hybridized carbons (Fsp3) is 0.176. The summed E-state index contributed by atoms with van der Waals surface area (Å²) in [7, 11) is 3.38. The molecule has 0 aliphatic heterocycles. The molecule has 0 spiro atoms. The van der Waals surface area contributed by atoms with E-state index in [1.54, 1.807) is 44.4 Å². The Kier molecular flexibility index (Phi) is 6.07. The molecule has 120 valence electrons. The molecule has 4 nitrogen and oxygen atoms in total. The molecule has 0 heterocycles. The third kappa shape index (κ3) is 5.01. The van der Waals surface area contributed by atoms with Crippen molar-refractivity contribution in [1.29, 1.82) is 0 Å². The molecule has 2 aromatic carbocycles. The monoisotopic (exact) mass is 348 g/mol. The summed E-state index contributed by atoms with van der Waals surface area (Å²) < 4.78 is 0. The van der Waals surface area contributed by atoms with Crippen LogP contribution in [-0.2, 0) is 4.79 Å². The smallest absolute Gasteiger partial charge is 0.253 e. The molecule has 0 aliphatic rings. The molecule has 6 heteroatoms. The Hall–Kier alpha value is -1.98. The Labute approximate surface area is 144 Å². The van der Waals surface area contributed by atoms with Crippen LogP contribution in [0.5, 0.6) is 0 Å². The van der Waals surface area contributed by atoms with E-state index >= 15 is 0 Å². The standard InChI is InChI=1S/C17H17ClN2O2S/c1-20(2)17(22)12-6-5-7-13(10-12)19-16(21)11-23-15-9-4-3-8-14(15)18/h3-10H,11H2,1-2H3,(H,19,21). The van der Waals surface area contributed by atoms with Gasteiger partial charge in [0.25, 0.3) is 5.91 Å². The van der Waals surface area contributed by atoms with Crippen molar-refractivity contribution in [2.75, 3.05) is 25.2 Å². The third-order valence-corrected chi connectivity index (χ3v) is 4.51. The number of amides is 2. The second-order valence-corrected chi connectivity index (χ2v) is 6.47. The van der Waals surface area contributed by atoms with Crippen LogP contribution in [0.25, 0.3) is 0 Å². The van der Waals surface area contributed by atoms with Gasteiger partial charge in [-0.2, -0.15) is 0 Å². The van der Waals surface area contributed by atoms with Crippen molar-refractivity contribution in [1.82, 2.24) is 4.90 Å². The lowest BCUT2D eigenvalue weighted by Gasteiger charge is -2.11. The Morgan fingerprint density at radius 2 is 1.87 bits per heavy atom. The maximum Gasteiger partial charge on any atom is 0.253 e. The van der Waals surface area contributed by atoms with Gasteiger partial charge in [0, 0.05) is 30.2 Å². The quantitative estimate of drug-likeness (QED) is 0.837. The summed E-state index contributed by atoms with van der Waals surface area (Å²) in [4.78, 5) is 26.3. The van der Waals surface area contributed by atoms with Gasteiger partial charge >= 0.3 is 0 Å². The zero-order valence-corrected chi connectivity index (χ0v) is 14.4. The summed E-state index contributed by atoms with van der Waals surface area (Å²) in [5.74, 6) is -0.00816. The van der Waals surface area contributed by atoms with E-state index in [2.05, 4.69) is 5.32 Å². The van der Waals surface area contributed by atoms with Gasteiger partial charge < -0.3 is 10.2 Å². The van der Waals surface area contributed by atoms with Crippen molar-refractivity contribution < 1.29 is 9.59 Å². The van der Waals surface area contributed by atoms with Crippen LogP contribution in [0.3, 0.4) is 0 Å². The summed E-state index contributed by atoms with van der Waals surface area (Å²) in [6.07, 6.45) is 0. The lowest BCUT2D eigenvalue weighted by Crippen LogP contribution is -2.22. The Morgan fingerprint density at radius 3 is 2.57 bits per heavy atom. The Morgan fingerprint density at radius 1 is 1.13 bits per heavy atom. The number of hydrogen-bond acceptors (Lipinski definition) is 3. The average molecular weight is 349 g/mol. The number of anilines is 1. The summed E-state index contributed by atoms with van der Waals surface area (Å²) >= 11 is 7.43. The maximum atomic E-state index is 12.0. The fourth-order valence-electron chi connectivity index (χ4n) is 1.89. The number of hydrogen-bond donors (Lipinski definition) is 1. The molecule has 0 radical (unpaired) electrons. The summed E-state index contributed by atoms with van der Waals surface area (Å²) in [6, 6.07) is 14.3. The van der Waals surface area contributed by atoms with Gasteiger partial charge in [0.2, 0.25) is 5.91 Å². The first-order valence-electron chi connectivity index (χ1n) is 6.96. The van der Waals surface area contributed by atoms with E-state index in [1.807, 2.05) is 18.2 Å². The van der Waals surface area contributed by atoms with Crippen LogP contribution in [0, 0.1) is 0 Å². The van der Waals surface area contributed by atoms with E-state index < -0.39 is 0 Å². The van der Waals surface area contributed by atoms with Gasteiger partial charge in [0.1, 0.15) is 0 Å². The van der Waals surface area contributed by atoms with E-state index in [-0.39, 0.29) is 17.6 Å². The minimum absolute atomic E-state index is 0.105. The molecule has 0 saturated carbocycles. The lowest BCUT2D eigenvalue weighted by molar-refractivity contribution is -0.113. The van der Waals surface area contributed by atoms with Gasteiger partial charge in [-0.3, -0.25) is 9.59 Å². The number of carbonyl (C=O) groups excluding carboxylic acids is 2. The molecule has 0 fully saturated rings. The van der Waals surface area contributed by atoms with Crippen molar-refractivity contribution in [2.24, 2.45) is 0 Å².